The van der Waals surface area contributed by atoms with Gasteiger partial charge in [0.2, 0.25) is 0 Å². The van der Waals surface area contributed by atoms with Crippen LogP contribution in [0, 0.1) is 6.92 Å². The summed E-state index contributed by atoms with van der Waals surface area (Å²) >= 11 is 0. The van der Waals surface area contributed by atoms with Crippen molar-refractivity contribution in [1.82, 2.24) is 0 Å². The number of para-hydroxylation sites is 2. The van der Waals surface area contributed by atoms with Crippen LogP contribution in [-0.4, -0.2) is 21.1 Å². The lowest BCUT2D eigenvalue weighted by Crippen LogP contribution is -2.45. The molecule has 2 aromatic rings. The topological polar surface area (TPSA) is 46.6 Å². The van der Waals surface area contributed by atoms with Gasteiger partial charge in [0.25, 0.3) is 10.0 Å². The predicted octanol–water partition coefficient (Wildman–Crippen LogP) is 3.92. The SMILES string of the molecule is CC(C)=C[C@@H]1COc2ccccc2N1S(=O)(=O)c1ccc(C)cc1. The second-order valence-corrected chi connectivity index (χ2v) is 8.02. The first kappa shape index (κ1) is 16.6. The Labute approximate surface area is 143 Å². The molecule has 0 spiro atoms. The first-order valence-corrected chi connectivity index (χ1v) is 9.31. The smallest absolute Gasteiger partial charge is 0.265 e. The summed E-state index contributed by atoms with van der Waals surface area (Å²) in [5.41, 5.74) is 2.65. The minimum Gasteiger partial charge on any atom is -0.489 e. The zero-order valence-corrected chi connectivity index (χ0v) is 14.9. The maximum Gasteiger partial charge on any atom is 0.265 e. The summed E-state index contributed by atoms with van der Waals surface area (Å²) in [7, 11) is -3.68. The van der Waals surface area contributed by atoms with Gasteiger partial charge in [0, 0.05) is 0 Å². The normalized spacial score (nSPS) is 17.0. The van der Waals surface area contributed by atoms with Crippen LogP contribution in [0.2, 0.25) is 0 Å². The number of anilines is 1. The van der Waals surface area contributed by atoms with Crippen molar-refractivity contribution < 1.29 is 13.2 Å². The van der Waals surface area contributed by atoms with Crippen molar-refractivity contribution in [2.24, 2.45) is 0 Å². The Morgan fingerprint density at radius 1 is 1.12 bits per heavy atom. The predicted molar refractivity (Wildman–Crippen MR) is 96.0 cm³/mol. The highest BCUT2D eigenvalue weighted by molar-refractivity contribution is 7.92. The van der Waals surface area contributed by atoms with Crippen molar-refractivity contribution in [2.75, 3.05) is 10.9 Å². The van der Waals surface area contributed by atoms with Crippen molar-refractivity contribution in [2.45, 2.75) is 31.7 Å². The molecule has 0 unspecified atom stereocenters. The fourth-order valence-electron chi connectivity index (χ4n) is 2.81. The van der Waals surface area contributed by atoms with Gasteiger partial charge in [0.15, 0.2) is 0 Å². The van der Waals surface area contributed by atoms with Gasteiger partial charge < -0.3 is 4.74 Å². The van der Waals surface area contributed by atoms with E-state index in [0.717, 1.165) is 11.1 Å². The molecular formula is C19H21NO3S. The number of hydrogen-bond donors (Lipinski definition) is 0. The molecule has 24 heavy (non-hydrogen) atoms. The van der Waals surface area contributed by atoms with E-state index in [2.05, 4.69) is 0 Å². The molecule has 4 nitrogen and oxygen atoms in total. The molecule has 0 N–H and O–H groups in total. The highest BCUT2D eigenvalue weighted by Gasteiger charge is 2.36. The average Bonchev–Trinajstić information content (AvgIpc) is 2.54. The fourth-order valence-corrected chi connectivity index (χ4v) is 4.41. The molecule has 1 heterocycles. The summed E-state index contributed by atoms with van der Waals surface area (Å²) in [5, 5.41) is 0. The summed E-state index contributed by atoms with van der Waals surface area (Å²) < 4.78 is 33.8. The largest absolute Gasteiger partial charge is 0.489 e. The number of allylic oxidation sites excluding steroid dienone is 1. The Morgan fingerprint density at radius 2 is 1.79 bits per heavy atom. The van der Waals surface area contributed by atoms with E-state index in [1.54, 1.807) is 24.3 Å². The summed E-state index contributed by atoms with van der Waals surface area (Å²) in [6.45, 7) is 6.15. The van der Waals surface area contributed by atoms with Crippen molar-refractivity contribution >= 4 is 15.7 Å². The number of hydrogen-bond acceptors (Lipinski definition) is 3. The molecule has 0 fully saturated rings. The standard InChI is InChI=1S/C19H21NO3S/c1-14(2)12-16-13-23-19-7-5-4-6-18(19)20(16)24(21,22)17-10-8-15(3)9-11-17/h4-12,16H,13H2,1-3H3/t16-/m1/s1. The zero-order chi connectivity index (χ0) is 17.3. The van der Waals surface area contributed by atoms with Crippen molar-refractivity contribution in [3.63, 3.8) is 0 Å². The van der Waals surface area contributed by atoms with Gasteiger partial charge in [-0.25, -0.2) is 8.42 Å². The second kappa shape index (κ2) is 6.32. The number of rotatable bonds is 3. The third kappa shape index (κ3) is 3.04. The van der Waals surface area contributed by atoms with Crippen LogP contribution in [0.15, 0.2) is 65.1 Å². The molecule has 2 aromatic carbocycles. The van der Waals surface area contributed by atoms with Crippen LogP contribution in [0.1, 0.15) is 19.4 Å². The first-order chi connectivity index (χ1) is 11.4. The maximum absolute atomic E-state index is 13.3. The minimum atomic E-state index is -3.68. The molecule has 1 atom stereocenters. The molecule has 0 aliphatic carbocycles. The zero-order valence-electron chi connectivity index (χ0n) is 14.1. The van der Waals surface area contributed by atoms with Crippen LogP contribution in [0.25, 0.3) is 0 Å². The number of sulfonamides is 1. The number of aryl methyl sites for hydroxylation is 1. The van der Waals surface area contributed by atoms with Gasteiger partial charge >= 0.3 is 0 Å². The third-order valence-corrected chi connectivity index (χ3v) is 5.77. The van der Waals surface area contributed by atoms with Crippen molar-refractivity contribution in [3.8, 4) is 5.75 Å². The van der Waals surface area contributed by atoms with E-state index >= 15 is 0 Å². The van der Waals surface area contributed by atoms with E-state index in [0.29, 0.717) is 18.0 Å². The molecule has 0 radical (unpaired) electrons. The maximum atomic E-state index is 13.3. The molecule has 0 saturated heterocycles. The van der Waals surface area contributed by atoms with E-state index in [9.17, 15) is 8.42 Å². The monoisotopic (exact) mass is 343 g/mol. The van der Waals surface area contributed by atoms with Gasteiger partial charge in [0.05, 0.1) is 16.6 Å². The lowest BCUT2D eigenvalue weighted by Gasteiger charge is -2.36. The molecule has 3 rings (SSSR count). The third-order valence-electron chi connectivity index (χ3n) is 3.92. The van der Waals surface area contributed by atoms with Crippen molar-refractivity contribution in [3.05, 3.63) is 65.7 Å². The summed E-state index contributed by atoms with van der Waals surface area (Å²) in [6.07, 6.45) is 1.93. The number of fused-ring (bicyclic) bond motifs is 1. The Kier molecular flexibility index (Phi) is 4.37. The van der Waals surface area contributed by atoms with E-state index < -0.39 is 10.0 Å². The van der Waals surface area contributed by atoms with Gasteiger partial charge in [-0.2, -0.15) is 0 Å². The van der Waals surface area contributed by atoms with E-state index in [-0.39, 0.29) is 10.9 Å². The Hall–Kier alpha value is -2.27. The lowest BCUT2D eigenvalue weighted by atomic mass is 10.1. The van der Waals surface area contributed by atoms with Gasteiger partial charge in [-0.15, -0.1) is 0 Å². The summed E-state index contributed by atoms with van der Waals surface area (Å²) in [5.74, 6) is 0.589. The average molecular weight is 343 g/mol. The quantitative estimate of drug-likeness (QED) is 0.794. The molecule has 0 saturated carbocycles. The molecule has 1 aliphatic rings. The minimum absolute atomic E-state index is 0.289. The Morgan fingerprint density at radius 3 is 2.46 bits per heavy atom. The van der Waals surface area contributed by atoms with Crippen LogP contribution in [0.4, 0.5) is 5.69 Å². The highest BCUT2D eigenvalue weighted by Crippen LogP contribution is 2.38. The van der Waals surface area contributed by atoms with Crippen LogP contribution in [-0.2, 0) is 10.0 Å². The molecular weight excluding hydrogens is 322 g/mol. The molecule has 0 amide bonds. The Bertz CT molecular complexity index is 866. The van der Waals surface area contributed by atoms with Crippen molar-refractivity contribution in [1.29, 1.82) is 0 Å². The highest BCUT2D eigenvalue weighted by atomic mass is 32.2. The van der Waals surface area contributed by atoms with Gasteiger partial charge in [-0.3, -0.25) is 4.31 Å². The fraction of sp³-hybridized carbons (Fsp3) is 0.263. The van der Waals surface area contributed by atoms with E-state index in [1.807, 2.05) is 51.1 Å². The van der Waals surface area contributed by atoms with Crippen LogP contribution < -0.4 is 9.04 Å². The molecule has 1 aliphatic heterocycles. The van der Waals surface area contributed by atoms with Crippen LogP contribution in [0.3, 0.4) is 0 Å². The Balaban J connectivity index is 2.16. The van der Waals surface area contributed by atoms with Crippen LogP contribution >= 0.6 is 0 Å². The number of nitrogens with zero attached hydrogens (tertiary/aromatic N) is 1. The number of benzene rings is 2. The molecule has 5 heteroatoms. The van der Waals surface area contributed by atoms with E-state index in [1.165, 1.54) is 4.31 Å². The lowest BCUT2D eigenvalue weighted by molar-refractivity contribution is 0.292. The molecule has 0 aromatic heterocycles. The van der Waals surface area contributed by atoms with Gasteiger partial charge in [-0.1, -0.05) is 41.5 Å². The summed E-state index contributed by atoms with van der Waals surface area (Å²) in [6, 6.07) is 13.8. The molecule has 0 bridgehead atoms. The second-order valence-electron chi connectivity index (χ2n) is 6.20. The van der Waals surface area contributed by atoms with Gasteiger partial charge in [0.1, 0.15) is 12.4 Å². The first-order valence-electron chi connectivity index (χ1n) is 7.87. The van der Waals surface area contributed by atoms with Gasteiger partial charge in [-0.05, 0) is 45.0 Å². The number of ether oxygens (including phenoxy) is 1. The summed E-state index contributed by atoms with van der Waals surface area (Å²) in [4.78, 5) is 0.289. The van der Waals surface area contributed by atoms with Crippen LogP contribution in [0.5, 0.6) is 5.75 Å². The van der Waals surface area contributed by atoms with E-state index in [4.69, 9.17) is 4.74 Å². The molecule has 126 valence electrons.